The van der Waals surface area contributed by atoms with Crippen molar-refractivity contribution in [3.8, 4) is 5.75 Å². The molecule has 0 bridgehead atoms. The van der Waals surface area contributed by atoms with Crippen LogP contribution in [0.4, 0.5) is 0 Å². The fraction of sp³-hybridized carbons (Fsp3) is 0.455. The van der Waals surface area contributed by atoms with E-state index in [1.807, 2.05) is 59.0 Å². The van der Waals surface area contributed by atoms with Crippen LogP contribution in [0.2, 0.25) is 0 Å². The summed E-state index contributed by atoms with van der Waals surface area (Å²) in [4.78, 5) is 27.0. The van der Waals surface area contributed by atoms with E-state index in [4.69, 9.17) is 4.74 Å². The highest BCUT2D eigenvalue weighted by Gasteiger charge is 2.28. The molecule has 2 heterocycles. The molecule has 1 aromatic carbocycles. The van der Waals surface area contributed by atoms with Gasteiger partial charge in [-0.25, -0.2) is 0 Å². The molecule has 0 spiro atoms. The number of piperidine rings is 1. The number of carbonyl (C=O) groups excluding carboxylic acids is 2. The van der Waals surface area contributed by atoms with Crippen molar-refractivity contribution in [3.63, 3.8) is 0 Å². The minimum absolute atomic E-state index is 0.0154. The molecule has 0 saturated carbocycles. The molecule has 0 unspecified atom stereocenters. The minimum Gasteiger partial charge on any atom is -0.497 e. The Morgan fingerprint density at radius 2 is 1.86 bits per heavy atom. The van der Waals surface area contributed by atoms with Crippen molar-refractivity contribution in [2.45, 2.75) is 32.7 Å². The molecule has 0 radical (unpaired) electrons. The molecule has 28 heavy (non-hydrogen) atoms. The number of benzene rings is 1. The van der Waals surface area contributed by atoms with E-state index in [-0.39, 0.29) is 17.7 Å². The van der Waals surface area contributed by atoms with Gasteiger partial charge in [-0.3, -0.25) is 9.59 Å². The number of amides is 2. The summed E-state index contributed by atoms with van der Waals surface area (Å²) in [6.07, 6.45) is 4.32. The molecule has 0 atom stereocenters. The van der Waals surface area contributed by atoms with Crippen LogP contribution in [0.15, 0.2) is 42.6 Å². The second-order valence-corrected chi connectivity index (χ2v) is 7.23. The van der Waals surface area contributed by atoms with Gasteiger partial charge >= 0.3 is 0 Å². The lowest BCUT2D eigenvalue weighted by Gasteiger charge is -2.31. The zero-order valence-electron chi connectivity index (χ0n) is 16.7. The Hall–Kier alpha value is -2.76. The number of aromatic nitrogens is 1. The number of ether oxygens (including phenoxy) is 1. The number of hydrogen-bond donors (Lipinski definition) is 1. The van der Waals surface area contributed by atoms with Crippen molar-refractivity contribution >= 4 is 11.8 Å². The molecule has 2 aromatic rings. The van der Waals surface area contributed by atoms with E-state index in [1.165, 1.54) is 0 Å². The normalized spacial score (nSPS) is 14.7. The molecule has 2 amide bonds. The van der Waals surface area contributed by atoms with Crippen molar-refractivity contribution in [1.29, 1.82) is 0 Å². The fourth-order valence-electron chi connectivity index (χ4n) is 3.57. The molecule has 0 aliphatic carbocycles. The predicted molar refractivity (Wildman–Crippen MR) is 108 cm³/mol. The molecule has 1 N–H and O–H groups in total. The number of methoxy groups -OCH3 is 1. The summed E-state index contributed by atoms with van der Waals surface area (Å²) in [5.41, 5.74) is 1.79. The summed E-state index contributed by atoms with van der Waals surface area (Å²) in [7, 11) is 1.65. The van der Waals surface area contributed by atoms with Gasteiger partial charge in [-0.1, -0.05) is 19.1 Å². The maximum Gasteiger partial charge on any atom is 0.270 e. The first kappa shape index (κ1) is 20.0. The summed E-state index contributed by atoms with van der Waals surface area (Å²) in [5, 5.41) is 2.96. The first-order valence-corrected chi connectivity index (χ1v) is 9.97. The van der Waals surface area contributed by atoms with Crippen molar-refractivity contribution < 1.29 is 14.3 Å². The summed E-state index contributed by atoms with van der Waals surface area (Å²) in [6.45, 7) is 4.64. The van der Waals surface area contributed by atoms with Gasteiger partial charge in [0.25, 0.3) is 5.91 Å². The third-order valence-electron chi connectivity index (χ3n) is 5.26. The molecular weight excluding hydrogens is 354 g/mol. The quantitative estimate of drug-likeness (QED) is 0.800. The Balaban J connectivity index is 1.60. The van der Waals surface area contributed by atoms with Gasteiger partial charge in [0.05, 0.1) is 7.11 Å². The van der Waals surface area contributed by atoms with Crippen LogP contribution < -0.4 is 10.1 Å². The van der Waals surface area contributed by atoms with Crippen LogP contribution >= 0.6 is 0 Å². The molecule has 3 rings (SSSR count). The van der Waals surface area contributed by atoms with Crippen molar-refractivity contribution in [1.82, 2.24) is 14.8 Å². The fourth-order valence-corrected chi connectivity index (χ4v) is 3.57. The molecule has 1 aliphatic rings. The molecule has 1 aliphatic heterocycles. The molecule has 150 valence electrons. The average molecular weight is 383 g/mol. The minimum atomic E-state index is 0.0154. The van der Waals surface area contributed by atoms with E-state index in [0.29, 0.717) is 25.3 Å². The van der Waals surface area contributed by atoms with Gasteiger partial charge < -0.3 is 19.5 Å². The second-order valence-electron chi connectivity index (χ2n) is 7.23. The van der Waals surface area contributed by atoms with Crippen LogP contribution in [0.3, 0.4) is 0 Å². The van der Waals surface area contributed by atoms with Crippen LogP contribution in [0.25, 0.3) is 0 Å². The van der Waals surface area contributed by atoms with Crippen LogP contribution in [-0.2, 0) is 11.3 Å². The number of nitrogens with one attached hydrogen (secondary N) is 1. The first-order chi connectivity index (χ1) is 13.6. The van der Waals surface area contributed by atoms with E-state index < -0.39 is 0 Å². The van der Waals surface area contributed by atoms with Crippen LogP contribution in [-0.4, -0.2) is 48.0 Å². The van der Waals surface area contributed by atoms with Crippen LogP contribution in [0.5, 0.6) is 5.75 Å². The smallest absolute Gasteiger partial charge is 0.270 e. The van der Waals surface area contributed by atoms with E-state index in [1.54, 1.807) is 7.11 Å². The Morgan fingerprint density at radius 1 is 1.14 bits per heavy atom. The van der Waals surface area contributed by atoms with Gasteiger partial charge in [0.2, 0.25) is 5.91 Å². The highest BCUT2D eigenvalue weighted by molar-refractivity contribution is 5.93. The number of carbonyl (C=O) groups is 2. The highest BCUT2D eigenvalue weighted by Crippen LogP contribution is 2.20. The Bertz CT molecular complexity index is 790. The topological polar surface area (TPSA) is 63.6 Å². The van der Waals surface area contributed by atoms with E-state index >= 15 is 0 Å². The number of hydrogen-bond acceptors (Lipinski definition) is 3. The van der Waals surface area contributed by atoms with Gasteiger partial charge in [-0.15, -0.1) is 0 Å². The summed E-state index contributed by atoms with van der Waals surface area (Å²) in [6, 6.07) is 11.6. The van der Waals surface area contributed by atoms with Gasteiger partial charge in [-0.2, -0.15) is 0 Å². The Morgan fingerprint density at radius 3 is 2.50 bits per heavy atom. The molecule has 1 fully saturated rings. The lowest BCUT2D eigenvalue weighted by atomic mass is 9.95. The largest absolute Gasteiger partial charge is 0.497 e. The number of likely N-dealkylation sites (tertiary alicyclic amines) is 1. The number of nitrogens with zero attached hydrogens (tertiary/aromatic N) is 2. The van der Waals surface area contributed by atoms with E-state index in [9.17, 15) is 9.59 Å². The standard InChI is InChI=1S/C22H29N3O3/c1-3-12-23-21(26)18-10-14-24(15-11-18)22(27)20-5-4-13-25(20)16-17-6-8-19(28-2)9-7-17/h4-9,13,18H,3,10-12,14-16H2,1-2H3,(H,23,26). The van der Waals surface area contributed by atoms with Gasteiger partial charge in [0.1, 0.15) is 11.4 Å². The third-order valence-corrected chi connectivity index (χ3v) is 5.26. The monoisotopic (exact) mass is 383 g/mol. The van der Waals surface area contributed by atoms with E-state index in [0.717, 1.165) is 37.1 Å². The summed E-state index contributed by atoms with van der Waals surface area (Å²) < 4.78 is 7.17. The second kappa shape index (κ2) is 9.44. The highest BCUT2D eigenvalue weighted by atomic mass is 16.5. The molecule has 1 saturated heterocycles. The predicted octanol–water partition coefficient (Wildman–Crippen LogP) is 2.92. The first-order valence-electron chi connectivity index (χ1n) is 9.97. The molecule has 6 heteroatoms. The van der Waals surface area contributed by atoms with E-state index in [2.05, 4.69) is 5.32 Å². The van der Waals surface area contributed by atoms with Crippen LogP contribution in [0.1, 0.15) is 42.2 Å². The van der Waals surface area contributed by atoms with Gasteiger partial charge in [0, 0.05) is 38.3 Å². The Kier molecular flexibility index (Phi) is 6.74. The summed E-state index contributed by atoms with van der Waals surface area (Å²) in [5.74, 6) is 0.989. The average Bonchev–Trinajstić information content (AvgIpc) is 3.20. The molecule has 1 aromatic heterocycles. The zero-order valence-corrected chi connectivity index (χ0v) is 16.7. The number of rotatable bonds is 7. The summed E-state index contributed by atoms with van der Waals surface area (Å²) >= 11 is 0. The lowest BCUT2D eigenvalue weighted by Crippen LogP contribution is -2.43. The third kappa shape index (κ3) is 4.74. The van der Waals surface area contributed by atoms with Crippen molar-refractivity contribution in [2.75, 3.05) is 26.7 Å². The van der Waals surface area contributed by atoms with Crippen LogP contribution in [0, 0.1) is 5.92 Å². The van der Waals surface area contributed by atoms with Crippen molar-refractivity contribution in [3.05, 3.63) is 53.9 Å². The maximum absolute atomic E-state index is 13.0. The van der Waals surface area contributed by atoms with Gasteiger partial charge in [0.15, 0.2) is 0 Å². The van der Waals surface area contributed by atoms with Gasteiger partial charge in [-0.05, 0) is 49.1 Å². The Labute approximate surface area is 166 Å². The maximum atomic E-state index is 13.0. The lowest BCUT2D eigenvalue weighted by molar-refractivity contribution is -0.126. The SMILES string of the molecule is CCCNC(=O)C1CCN(C(=O)c2cccn2Cc2ccc(OC)cc2)CC1. The molecule has 6 nitrogen and oxygen atoms in total. The zero-order chi connectivity index (χ0) is 19.9. The molecular formula is C22H29N3O3. The van der Waals surface area contributed by atoms with Crippen molar-refractivity contribution in [2.24, 2.45) is 5.92 Å².